The molecular formula is C25H19Cl2F2N3O2S. The van der Waals surface area contributed by atoms with E-state index in [4.69, 9.17) is 35.4 Å². The molecule has 3 aromatic carbocycles. The SMILES string of the molecule is O=C(CC1C(=O)N(c2ccc(F)cc2)C(=S)N1CCc1ccc(Cl)cc1Cl)Nc1ccc(F)cc1. The van der Waals surface area contributed by atoms with Gasteiger partial charge in [0.1, 0.15) is 17.7 Å². The van der Waals surface area contributed by atoms with Crippen molar-refractivity contribution in [2.45, 2.75) is 18.9 Å². The molecule has 0 bridgehead atoms. The molecule has 1 unspecified atom stereocenters. The van der Waals surface area contributed by atoms with Gasteiger partial charge >= 0.3 is 0 Å². The molecule has 0 aromatic heterocycles. The van der Waals surface area contributed by atoms with E-state index in [9.17, 15) is 18.4 Å². The number of nitrogens with one attached hydrogen (secondary N) is 1. The van der Waals surface area contributed by atoms with Crippen molar-refractivity contribution >= 4 is 63.7 Å². The summed E-state index contributed by atoms with van der Waals surface area (Å²) < 4.78 is 26.6. The molecule has 0 aliphatic carbocycles. The summed E-state index contributed by atoms with van der Waals surface area (Å²) in [6.45, 7) is 0.304. The Morgan fingerprint density at radius 2 is 1.60 bits per heavy atom. The molecule has 1 fully saturated rings. The number of anilines is 2. The van der Waals surface area contributed by atoms with E-state index in [-0.39, 0.29) is 11.5 Å². The van der Waals surface area contributed by atoms with Crippen molar-refractivity contribution in [1.82, 2.24) is 4.90 Å². The zero-order chi connectivity index (χ0) is 25.1. The fourth-order valence-corrected chi connectivity index (χ4v) is 4.72. The number of halogens is 4. The molecule has 1 atom stereocenters. The van der Waals surface area contributed by atoms with Gasteiger partial charge in [0.15, 0.2) is 5.11 Å². The average Bonchev–Trinajstić information content (AvgIpc) is 3.04. The second kappa shape index (κ2) is 10.7. The monoisotopic (exact) mass is 533 g/mol. The first-order valence-corrected chi connectivity index (χ1v) is 11.8. The maximum atomic E-state index is 13.5. The summed E-state index contributed by atoms with van der Waals surface area (Å²) in [7, 11) is 0. The van der Waals surface area contributed by atoms with Crippen LogP contribution < -0.4 is 10.2 Å². The first-order valence-electron chi connectivity index (χ1n) is 10.6. The second-order valence-electron chi connectivity index (χ2n) is 7.89. The van der Waals surface area contributed by atoms with Crippen LogP contribution in [0.15, 0.2) is 66.7 Å². The summed E-state index contributed by atoms with van der Waals surface area (Å²) in [4.78, 5) is 29.1. The molecule has 1 heterocycles. The van der Waals surface area contributed by atoms with Crippen molar-refractivity contribution < 1.29 is 18.4 Å². The van der Waals surface area contributed by atoms with E-state index in [1.807, 2.05) is 0 Å². The van der Waals surface area contributed by atoms with Crippen LogP contribution in [0.1, 0.15) is 12.0 Å². The van der Waals surface area contributed by atoms with Crippen molar-refractivity contribution in [1.29, 1.82) is 0 Å². The van der Waals surface area contributed by atoms with Crippen LogP contribution in [0.2, 0.25) is 10.0 Å². The lowest BCUT2D eigenvalue weighted by atomic mass is 10.1. The van der Waals surface area contributed by atoms with Gasteiger partial charge in [-0.15, -0.1) is 0 Å². The molecule has 10 heteroatoms. The minimum Gasteiger partial charge on any atom is -0.336 e. The highest BCUT2D eigenvalue weighted by Gasteiger charge is 2.44. The Hall–Kier alpha value is -3.07. The second-order valence-corrected chi connectivity index (χ2v) is 9.10. The van der Waals surface area contributed by atoms with Crippen LogP contribution in [0.5, 0.6) is 0 Å². The van der Waals surface area contributed by atoms with Crippen molar-refractivity contribution in [2.24, 2.45) is 0 Å². The number of carbonyl (C=O) groups is 2. The summed E-state index contributed by atoms with van der Waals surface area (Å²) in [5.74, 6) is -1.72. The first kappa shape index (κ1) is 25.0. The van der Waals surface area contributed by atoms with Crippen LogP contribution in [0.4, 0.5) is 20.2 Å². The third kappa shape index (κ3) is 5.78. The number of nitrogens with zero attached hydrogens (tertiary/aromatic N) is 2. The molecule has 0 radical (unpaired) electrons. The standard InChI is InChI=1S/C25H19Cl2F2N3O2S/c26-16-2-1-15(21(27)13-16)11-12-31-22(14-23(33)30-19-7-3-17(28)4-8-19)24(34)32(25(31)35)20-9-5-18(29)6-10-20/h1-10,13,22H,11-12,14H2,(H,30,33). The van der Waals surface area contributed by atoms with Gasteiger partial charge in [-0.2, -0.15) is 0 Å². The summed E-state index contributed by atoms with van der Waals surface area (Å²) in [5.41, 5.74) is 1.61. The third-order valence-electron chi connectivity index (χ3n) is 5.55. The Labute approximate surface area is 216 Å². The molecule has 1 aliphatic heterocycles. The van der Waals surface area contributed by atoms with E-state index in [0.29, 0.717) is 34.4 Å². The van der Waals surface area contributed by atoms with E-state index in [1.54, 1.807) is 23.1 Å². The predicted octanol–water partition coefficient (Wildman–Crippen LogP) is 5.85. The topological polar surface area (TPSA) is 52.7 Å². The van der Waals surface area contributed by atoms with E-state index < -0.39 is 29.5 Å². The van der Waals surface area contributed by atoms with Crippen molar-refractivity contribution in [2.75, 3.05) is 16.8 Å². The van der Waals surface area contributed by atoms with E-state index in [1.165, 1.54) is 53.4 Å². The van der Waals surface area contributed by atoms with Gasteiger partial charge in [0.2, 0.25) is 5.91 Å². The highest BCUT2D eigenvalue weighted by Crippen LogP contribution is 2.29. The lowest BCUT2D eigenvalue weighted by Crippen LogP contribution is -2.39. The summed E-state index contributed by atoms with van der Waals surface area (Å²) in [5, 5.41) is 3.86. The molecule has 1 N–H and O–H groups in total. The number of rotatable bonds is 7. The zero-order valence-corrected chi connectivity index (χ0v) is 20.5. The number of thiocarbonyl (C=S) groups is 1. The minimum atomic E-state index is -0.890. The lowest BCUT2D eigenvalue weighted by Gasteiger charge is -2.24. The van der Waals surface area contributed by atoms with Crippen LogP contribution in [0.25, 0.3) is 0 Å². The van der Waals surface area contributed by atoms with Gasteiger partial charge in [-0.1, -0.05) is 29.3 Å². The average molecular weight is 534 g/mol. The summed E-state index contributed by atoms with van der Waals surface area (Å²) in [6, 6.07) is 14.9. The Morgan fingerprint density at radius 1 is 0.971 bits per heavy atom. The van der Waals surface area contributed by atoms with Crippen LogP contribution in [-0.2, 0) is 16.0 Å². The van der Waals surface area contributed by atoms with E-state index >= 15 is 0 Å². The molecule has 180 valence electrons. The van der Waals surface area contributed by atoms with E-state index in [2.05, 4.69) is 5.32 Å². The van der Waals surface area contributed by atoms with Crippen molar-refractivity contribution in [3.63, 3.8) is 0 Å². The Kier molecular flexibility index (Phi) is 7.64. The van der Waals surface area contributed by atoms with Crippen LogP contribution >= 0.6 is 35.4 Å². The number of hydrogen-bond acceptors (Lipinski definition) is 3. The highest BCUT2D eigenvalue weighted by molar-refractivity contribution is 7.80. The fourth-order valence-electron chi connectivity index (χ4n) is 3.80. The summed E-state index contributed by atoms with van der Waals surface area (Å²) in [6.07, 6.45) is 0.249. The van der Waals surface area contributed by atoms with Crippen molar-refractivity contribution in [3.8, 4) is 0 Å². The molecule has 35 heavy (non-hydrogen) atoms. The smallest absolute Gasteiger partial charge is 0.256 e. The van der Waals surface area contributed by atoms with E-state index in [0.717, 1.165) is 5.56 Å². The molecular weight excluding hydrogens is 515 g/mol. The predicted molar refractivity (Wildman–Crippen MR) is 137 cm³/mol. The van der Waals surface area contributed by atoms with Gasteiger partial charge < -0.3 is 10.2 Å². The Balaban J connectivity index is 1.57. The molecule has 0 saturated carbocycles. The first-order chi connectivity index (χ1) is 16.7. The third-order valence-corrected chi connectivity index (χ3v) is 6.55. The largest absolute Gasteiger partial charge is 0.336 e. The molecule has 2 amide bonds. The maximum Gasteiger partial charge on any atom is 0.256 e. The molecule has 3 aromatic rings. The highest BCUT2D eigenvalue weighted by atomic mass is 35.5. The van der Waals surface area contributed by atoms with Crippen molar-refractivity contribution in [3.05, 3.63) is 94.0 Å². The molecule has 1 aliphatic rings. The van der Waals surface area contributed by atoms with Gasteiger partial charge in [-0.25, -0.2) is 8.78 Å². The van der Waals surface area contributed by atoms with Gasteiger partial charge in [0, 0.05) is 22.3 Å². The quantitative estimate of drug-likeness (QED) is 0.387. The Bertz CT molecular complexity index is 1270. The number of hydrogen-bond donors (Lipinski definition) is 1. The molecule has 0 spiro atoms. The Morgan fingerprint density at radius 3 is 2.23 bits per heavy atom. The van der Waals surface area contributed by atoms with Gasteiger partial charge in [0.25, 0.3) is 5.91 Å². The molecule has 4 rings (SSSR count). The zero-order valence-electron chi connectivity index (χ0n) is 18.2. The van der Waals surface area contributed by atoms with Gasteiger partial charge in [-0.05, 0) is 84.9 Å². The molecule has 1 saturated heterocycles. The van der Waals surface area contributed by atoms with Crippen LogP contribution in [0.3, 0.4) is 0 Å². The fraction of sp³-hybridized carbons (Fsp3) is 0.160. The van der Waals surface area contributed by atoms with Gasteiger partial charge in [-0.3, -0.25) is 14.5 Å². The van der Waals surface area contributed by atoms with Crippen LogP contribution in [0, 0.1) is 11.6 Å². The normalized spacial score (nSPS) is 15.6. The van der Waals surface area contributed by atoms with Crippen LogP contribution in [-0.4, -0.2) is 34.4 Å². The molecule has 5 nitrogen and oxygen atoms in total. The van der Waals surface area contributed by atoms with Gasteiger partial charge in [0.05, 0.1) is 12.1 Å². The number of carbonyl (C=O) groups excluding carboxylic acids is 2. The maximum absolute atomic E-state index is 13.5. The lowest BCUT2D eigenvalue weighted by molar-refractivity contribution is -0.124. The number of benzene rings is 3. The minimum absolute atomic E-state index is 0.192. The summed E-state index contributed by atoms with van der Waals surface area (Å²) >= 11 is 17.9. The number of amides is 2.